The lowest BCUT2D eigenvalue weighted by atomic mass is 9.60. The molecule has 4 aromatic heterocycles. The number of fused-ring (bicyclic) bond motifs is 4. The molecule has 1 amide bonds. The lowest BCUT2D eigenvalue weighted by molar-refractivity contribution is -0.0120. The van der Waals surface area contributed by atoms with Gasteiger partial charge in [-0.1, -0.05) is 5.21 Å². The average Bonchev–Trinajstić information content (AvgIpc) is 3.77. The third-order valence-corrected chi connectivity index (χ3v) is 9.66. The lowest BCUT2D eigenvalue weighted by Crippen LogP contribution is -2.61. The van der Waals surface area contributed by atoms with Gasteiger partial charge in [-0.25, -0.2) is 18.4 Å². The van der Waals surface area contributed by atoms with E-state index in [2.05, 4.69) is 26.8 Å². The van der Waals surface area contributed by atoms with Crippen molar-refractivity contribution < 1.29 is 19.0 Å². The molecule has 1 atom stereocenters. The van der Waals surface area contributed by atoms with Gasteiger partial charge in [-0.2, -0.15) is 10.4 Å². The Morgan fingerprint density at radius 3 is 2.61 bits per heavy atom. The van der Waals surface area contributed by atoms with Gasteiger partial charge < -0.3 is 15.2 Å². The van der Waals surface area contributed by atoms with Crippen LogP contribution in [-0.2, 0) is 11.3 Å². The second-order valence-electron chi connectivity index (χ2n) is 12.9. The molecule has 1 aliphatic heterocycles. The zero-order valence-corrected chi connectivity index (χ0v) is 24.7. The van der Waals surface area contributed by atoms with E-state index in [1.807, 2.05) is 23.1 Å². The van der Waals surface area contributed by atoms with Crippen LogP contribution in [0.25, 0.3) is 28.2 Å². The normalized spacial score (nSPS) is 24.0. The van der Waals surface area contributed by atoms with Crippen LogP contribution < -0.4 is 5.32 Å². The van der Waals surface area contributed by atoms with E-state index in [9.17, 15) is 19.6 Å². The molecule has 0 spiro atoms. The minimum Gasteiger partial charge on any atom is -0.448 e. The lowest BCUT2D eigenvalue weighted by Gasteiger charge is -2.56. The number of hydrogen-bond donors (Lipinski definition) is 2. The molecule has 2 N–H and O–H groups in total. The van der Waals surface area contributed by atoms with Gasteiger partial charge in [0.1, 0.15) is 24.5 Å². The monoisotopic (exact) mass is 599 g/mol. The van der Waals surface area contributed by atoms with Crippen molar-refractivity contribution in [2.24, 2.45) is 0 Å². The first kappa shape index (κ1) is 28.2. The number of aliphatic hydroxyl groups is 1. The second kappa shape index (κ2) is 10.3. The number of nitrogens with zero attached hydrogens (tertiary/aromatic N) is 8. The first-order chi connectivity index (χ1) is 21.1. The molecule has 12 nitrogen and oxygen atoms in total. The number of ether oxygens (including phenoxy) is 1. The number of aromatic nitrogens is 6. The zero-order valence-electron chi connectivity index (χ0n) is 24.7. The maximum atomic E-state index is 14.6. The first-order valence-corrected chi connectivity index (χ1v) is 15.0. The number of carbonyl (C=O) groups excluding carboxylic acids is 1. The Morgan fingerprint density at radius 1 is 1.16 bits per heavy atom. The van der Waals surface area contributed by atoms with Gasteiger partial charge in [-0.3, -0.25) is 9.88 Å². The zero-order chi connectivity index (χ0) is 30.7. The number of nitriles is 1. The smallest absolute Gasteiger partial charge is 0.410 e. The van der Waals surface area contributed by atoms with Crippen molar-refractivity contribution in [2.75, 3.05) is 18.5 Å². The molecule has 228 valence electrons. The Labute approximate surface area is 253 Å². The molecule has 4 aliphatic rings. The van der Waals surface area contributed by atoms with Crippen LogP contribution in [0, 0.1) is 11.3 Å². The van der Waals surface area contributed by atoms with E-state index in [1.54, 1.807) is 23.0 Å². The largest absolute Gasteiger partial charge is 0.448 e. The molecule has 3 saturated carbocycles. The van der Waals surface area contributed by atoms with Gasteiger partial charge in [-0.15, -0.1) is 5.10 Å². The number of halogens is 1. The summed E-state index contributed by atoms with van der Waals surface area (Å²) >= 11 is 0. The van der Waals surface area contributed by atoms with Crippen LogP contribution in [0.3, 0.4) is 0 Å². The van der Waals surface area contributed by atoms with E-state index in [4.69, 9.17) is 9.72 Å². The molecule has 3 aliphatic carbocycles. The molecule has 13 heteroatoms. The number of pyridine rings is 1. The Kier molecular flexibility index (Phi) is 6.58. The molecule has 4 fully saturated rings. The van der Waals surface area contributed by atoms with Crippen molar-refractivity contribution in [3.05, 3.63) is 48.4 Å². The number of nitrogens with one attached hydrogen (secondary N) is 1. The summed E-state index contributed by atoms with van der Waals surface area (Å²) in [6.07, 6.45) is 8.55. The molecule has 2 bridgehead atoms. The summed E-state index contributed by atoms with van der Waals surface area (Å²) in [6.45, 7) is 3.82. The Balaban J connectivity index is 1.23. The molecule has 8 rings (SSSR count). The van der Waals surface area contributed by atoms with E-state index in [-0.39, 0.29) is 23.7 Å². The fourth-order valence-corrected chi connectivity index (χ4v) is 6.92. The second-order valence-corrected chi connectivity index (χ2v) is 12.9. The fraction of sp³-hybridized carbons (Fsp3) is 0.484. The van der Waals surface area contributed by atoms with Crippen LogP contribution in [0.1, 0.15) is 57.9 Å². The van der Waals surface area contributed by atoms with Crippen molar-refractivity contribution in [1.29, 1.82) is 5.26 Å². The van der Waals surface area contributed by atoms with Crippen molar-refractivity contribution in [2.45, 2.75) is 81.8 Å². The summed E-state index contributed by atoms with van der Waals surface area (Å²) < 4.78 is 23.1. The van der Waals surface area contributed by atoms with Crippen LogP contribution in [0.2, 0.25) is 0 Å². The van der Waals surface area contributed by atoms with Gasteiger partial charge in [0.05, 0.1) is 53.6 Å². The Bertz CT molecular complexity index is 1760. The molecule has 44 heavy (non-hydrogen) atoms. The summed E-state index contributed by atoms with van der Waals surface area (Å²) in [5, 5.41) is 36.2. The summed E-state index contributed by atoms with van der Waals surface area (Å²) in [6, 6.07) is 9.71. The third kappa shape index (κ3) is 4.83. The highest BCUT2D eigenvalue weighted by atomic mass is 19.1. The number of amides is 1. The van der Waals surface area contributed by atoms with Gasteiger partial charge >= 0.3 is 6.09 Å². The predicted molar refractivity (Wildman–Crippen MR) is 158 cm³/mol. The molecule has 4 aromatic rings. The highest BCUT2D eigenvalue weighted by Gasteiger charge is 2.54. The van der Waals surface area contributed by atoms with Crippen molar-refractivity contribution >= 4 is 17.3 Å². The summed E-state index contributed by atoms with van der Waals surface area (Å²) in [5.41, 5.74) is 2.95. The number of rotatable bonds is 8. The van der Waals surface area contributed by atoms with Crippen LogP contribution in [0.4, 0.5) is 14.9 Å². The van der Waals surface area contributed by atoms with Crippen LogP contribution in [0.5, 0.6) is 0 Å². The topological polar surface area (TPSA) is 146 Å². The quantitative estimate of drug-likeness (QED) is 0.302. The third-order valence-electron chi connectivity index (χ3n) is 9.66. The van der Waals surface area contributed by atoms with Gasteiger partial charge in [0, 0.05) is 28.5 Å². The molecular weight excluding hydrogens is 565 g/mol. The SMILES string of the molecule is CC(C)(O)[C@H](F)Cn1cc(-c2cnc(-c3ccc4cc(C#N)cnn34)cc2NC23CCC(N4CCOC4=O)(CC2)CC3)nn1. The molecule has 0 radical (unpaired) electrons. The van der Waals surface area contributed by atoms with Crippen molar-refractivity contribution in [3.63, 3.8) is 0 Å². The highest BCUT2D eigenvalue weighted by Crippen LogP contribution is 2.52. The fourth-order valence-electron chi connectivity index (χ4n) is 6.92. The van der Waals surface area contributed by atoms with Gasteiger partial charge in [0.2, 0.25) is 0 Å². The maximum Gasteiger partial charge on any atom is 0.410 e. The summed E-state index contributed by atoms with van der Waals surface area (Å²) in [4.78, 5) is 19.1. The minimum atomic E-state index is -1.52. The van der Waals surface area contributed by atoms with Crippen molar-refractivity contribution in [3.8, 4) is 28.7 Å². The number of hydrogen-bond acceptors (Lipinski definition) is 9. The minimum absolute atomic E-state index is 0.137. The molecule has 5 heterocycles. The molecule has 0 aromatic carbocycles. The van der Waals surface area contributed by atoms with Gasteiger partial charge in [-0.05, 0) is 76.6 Å². The number of alkyl halides is 1. The first-order valence-electron chi connectivity index (χ1n) is 15.0. The summed E-state index contributed by atoms with van der Waals surface area (Å²) in [7, 11) is 0. The maximum absolute atomic E-state index is 14.6. The standard InChI is InChI=1S/C31H34FN9O3/c1-29(2,43)27(32)19-39-18-25(37-38-39)22-17-34-24(26-4-3-21-13-20(15-33)16-35-41(21)26)14-23(22)36-30-5-8-31(9-6-30,10-7-30)40-11-12-44-28(40)42/h3-4,13-14,16-18,27,43H,5-12,19H2,1-2H3,(H,34,36)/t27-,30?,31?/m1/s1. The van der Waals surface area contributed by atoms with Crippen LogP contribution in [0.15, 0.2) is 42.9 Å². The Hall–Kier alpha value is -4.57. The van der Waals surface area contributed by atoms with Crippen LogP contribution >= 0.6 is 0 Å². The van der Waals surface area contributed by atoms with Crippen LogP contribution in [-0.4, -0.2) is 81.7 Å². The van der Waals surface area contributed by atoms with E-state index in [1.165, 1.54) is 24.7 Å². The van der Waals surface area contributed by atoms with Gasteiger partial charge in [0.25, 0.3) is 0 Å². The number of carbonyl (C=O) groups is 1. The van der Waals surface area contributed by atoms with E-state index >= 15 is 0 Å². The average molecular weight is 600 g/mol. The summed E-state index contributed by atoms with van der Waals surface area (Å²) in [5.74, 6) is 0. The van der Waals surface area contributed by atoms with Crippen molar-refractivity contribution in [1.82, 2.24) is 34.5 Å². The predicted octanol–water partition coefficient (Wildman–Crippen LogP) is 4.34. The van der Waals surface area contributed by atoms with E-state index in [0.29, 0.717) is 30.1 Å². The molecular formula is C31H34FN9O3. The van der Waals surface area contributed by atoms with Gasteiger partial charge in [0.15, 0.2) is 0 Å². The van der Waals surface area contributed by atoms with E-state index < -0.39 is 11.8 Å². The Morgan fingerprint density at radius 2 is 1.93 bits per heavy atom. The molecule has 0 unspecified atom stereocenters. The number of anilines is 1. The number of cyclic esters (lactones) is 1. The van der Waals surface area contributed by atoms with E-state index in [0.717, 1.165) is 61.0 Å². The molecule has 1 saturated heterocycles. The highest BCUT2D eigenvalue weighted by molar-refractivity contribution is 5.79.